The lowest BCUT2D eigenvalue weighted by Crippen LogP contribution is -2.29. The maximum atomic E-state index is 10.7. The van der Waals surface area contributed by atoms with Gasteiger partial charge in [0.2, 0.25) is 0 Å². The van der Waals surface area contributed by atoms with E-state index >= 15 is 0 Å². The lowest BCUT2D eigenvalue weighted by atomic mass is 9.85. The third-order valence-electron chi connectivity index (χ3n) is 3.00. The number of aldehydes is 1. The normalized spacial score (nSPS) is 28.3. The van der Waals surface area contributed by atoms with Crippen molar-refractivity contribution in [2.45, 2.75) is 38.7 Å². The molecule has 1 N–H and O–H groups in total. The van der Waals surface area contributed by atoms with Crippen LogP contribution in [0, 0.1) is 11.8 Å². The Balaban J connectivity index is 2.42. The van der Waals surface area contributed by atoms with Gasteiger partial charge in [0.15, 0.2) is 0 Å². The number of hydrogen-bond donors (Lipinski definition) is 1. The number of carboxylic acids is 1. The summed E-state index contributed by atoms with van der Waals surface area (Å²) in [5.41, 5.74) is 0. The lowest BCUT2D eigenvalue weighted by Gasteiger charge is -2.30. The highest BCUT2D eigenvalue weighted by Gasteiger charge is 2.26. The van der Waals surface area contributed by atoms with Gasteiger partial charge in [-0.25, -0.2) is 0 Å². The molecule has 1 fully saturated rings. The molecule has 0 bridgehead atoms. The predicted molar refractivity (Wildman–Crippen MR) is 54.6 cm³/mol. The number of carbonyl (C=O) groups is 2. The average molecular weight is 214 g/mol. The Hall–Kier alpha value is -0.900. The summed E-state index contributed by atoms with van der Waals surface area (Å²) in [6.07, 6.45) is 3.52. The van der Waals surface area contributed by atoms with E-state index in [9.17, 15) is 9.59 Å². The fraction of sp³-hybridized carbons (Fsp3) is 0.818. The minimum absolute atomic E-state index is 0.0628. The minimum Gasteiger partial charge on any atom is -0.481 e. The Morgan fingerprint density at radius 2 is 2.40 bits per heavy atom. The second-order valence-electron chi connectivity index (χ2n) is 4.21. The van der Waals surface area contributed by atoms with Gasteiger partial charge in [0.25, 0.3) is 0 Å². The van der Waals surface area contributed by atoms with E-state index in [0.29, 0.717) is 12.3 Å². The summed E-state index contributed by atoms with van der Waals surface area (Å²) in [5.74, 6) is -0.943. The molecule has 4 nitrogen and oxygen atoms in total. The van der Waals surface area contributed by atoms with E-state index in [1.165, 1.54) is 0 Å². The van der Waals surface area contributed by atoms with E-state index in [2.05, 4.69) is 0 Å². The maximum absolute atomic E-state index is 10.7. The average Bonchev–Trinajstić information content (AvgIpc) is 2.19. The van der Waals surface area contributed by atoms with Gasteiger partial charge < -0.3 is 14.6 Å². The Morgan fingerprint density at radius 1 is 1.67 bits per heavy atom. The third kappa shape index (κ3) is 4.00. The van der Waals surface area contributed by atoms with Crippen LogP contribution in [0.4, 0.5) is 0 Å². The summed E-state index contributed by atoms with van der Waals surface area (Å²) in [6.45, 7) is 2.77. The first-order valence-electron chi connectivity index (χ1n) is 5.42. The zero-order valence-corrected chi connectivity index (χ0v) is 9.02. The van der Waals surface area contributed by atoms with Crippen LogP contribution in [0.15, 0.2) is 0 Å². The first-order valence-corrected chi connectivity index (χ1v) is 5.42. The van der Waals surface area contributed by atoms with Crippen molar-refractivity contribution in [2.75, 3.05) is 6.61 Å². The van der Waals surface area contributed by atoms with Crippen LogP contribution in [0.2, 0.25) is 0 Å². The van der Waals surface area contributed by atoms with Crippen LogP contribution in [0.3, 0.4) is 0 Å². The van der Waals surface area contributed by atoms with Crippen LogP contribution in [0.25, 0.3) is 0 Å². The summed E-state index contributed by atoms with van der Waals surface area (Å²) < 4.78 is 5.48. The fourth-order valence-electron chi connectivity index (χ4n) is 2.10. The molecular formula is C11H18O4. The van der Waals surface area contributed by atoms with Crippen molar-refractivity contribution in [2.24, 2.45) is 11.8 Å². The van der Waals surface area contributed by atoms with Crippen LogP contribution in [0.5, 0.6) is 0 Å². The van der Waals surface area contributed by atoms with Crippen LogP contribution in [0.1, 0.15) is 32.6 Å². The summed E-state index contributed by atoms with van der Waals surface area (Å²) in [7, 11) is 0. The van der Waals surface area contributed by atoms with Crippen molar-refractivity contribution < 1.29 is 19.4 Å². The molecule has 1 unspecified atom stereocenters. The summed E-state index contributed by atoms with van der Waals surface area (Å²) in [6, 6.07) is 0. The van der Waals surface area contributed by atoms with Crippen LogP contribution in [-0.2, 0) is 14.3 Å². The van der Waals surface area contributed by atoms with E-state index in [-0.39, 0.29) is 18.4 Å². The van der Waals surface area contributed by atoms with Gasteiger partial charge in [-0.2, -0.15) is 0 Å². The number of rotatable bonds is 5. The predicted octanol–water partition coefficient (Wildman–Crippen LogP) is 1.48. The Labute approximate surface area is 89.6 Å². The molecule has 0 aliphatic carbocycles. The molecule has 0 aromatic rings. The van der Waals surface area contributed by atoms with Gasteiger partial charge in [-0.1, -0.05) is 0 Å². The van der Waals surface area contributed by atoms with E-state index in [1.807, 2.05) is 6.92 Å². The molecule has 4 heteroatoms. The first kappa shape index (κ1) is 12.2. The molecule has 0 aromatic heterocycles. The molecule has 0 saturated carbocycles. The Morgan fingerprint density at radius 3 is 2.93 bits per heavy atom. The third-order valence-corrected chi connectivity index (χ3v) is 3.00. The monoisotopic (exact) mass is 214 g/mol. The van der Waals surface area contributed by atoms with Gasteiger partial charge in [0, 0.05) is 12.5 Å². The summed E-state index contributed by atoms with van der Waals surface area (Å²) >= 11 is 0. The van der Waals surface area contributed by atoms with Gasteiger partial charge >= 0.3 is 5.97 Å². The molecule has 0 amide bonds. The molecule has 1 rings (SSSR count). The number of carboxylic acid groups (broad SMARTS) is 1. The van der Waals surface area contributed by atoms with Crippen molar-refractivity contribution in [1.29, 1.82) is 0 Å². The molecule has 1 saturated heterocycles. The van der Waals surface area contributed by atoms with Gasteiger partial charge in [0.1, 0.15) is 6.29 Å². The number of carbonyl (C=O) groups excluding carboxylic acids is 1. The fourth-order valence-corrected chi connectivity index (χ4v) is 2.10. The van der Waals surface area contributed by atoms with Crippen molar-refractivity contribution in [3.8, 4) is 0 Å². The smallest absolute Gasteiger partial charge is 0.304 e. The molecule has 15 heavy (non-hydrogen) atoms. The molecule has 1 aliphatic rings. The van der Waals surface area contributed by atoms with Gasteiger partial charge in [-0.15, -0.1) is 0 Å². The molecule has 3 atom stereocenters. The Kier molecular flexibility index (Phi) is 4.75. The van der Waals surface area contributed by atoms with Gasteiger partial charge in [-0.05, 0) is 32.1 Å². The topological polar surface area (TPSA) is 63.6 Å². The van der Waals surface area contributed by atoms with Gasteiger partial charge in [0.05, 0.1) is 12.5 Å². The van der Waals surface area contributed by atoms with E-state index < -0.39 is 5.97 Å². The highest BCUT2D eigenvalue weighted by Crippen LogP contribution is 2.27. The van der Waals surface area contributed by atoms with E-state index in [0.717, 1.165) is 25.7 Å². The number of ether oxygens (including phenoxy) is 1. The Bertz CT molecular complexity index is 227. The molecule has 0 radical (unpaired) electrons. The summed E-state index contributed by atoms with van der Waals surface area (Å²) in [4.78, 5) is 21.2. The number of hydrogen-bond acceptors (Lipinski definition) is 3. The van der Waals surface area contributed by atoms with E-state index in [1.54, 1.807) is 0 Å². The van der Waals surface area contributed by atoms with Crippen molar-refractivity contribution in [1.82, 2.24) is 0 Å². The van der Waals surface area contributed by atoms with Crippen LogP contribution in [-0.4, -0.2) is 30.1 Å². The van der Waals surface area contributed by atoms with Crippen molar-refractivity contribution in [3.05, 3.63) is 0 Å². The van der Waals surface area contributed by atoms with E-state index in [4.69, 9.17) is 9.84 Å². The van der Waals surface area contributed by atoms with Crippen LogP contribution < -0.4 is 0 Å². The molecule has 0 aromatic carbocycles. The second kappa shape index (κ2) is 5.85. The zero-order chi connectivity index (χ0) is 11.3. The van der Waals surface area contributed by atoms with Crippen molar-refractivity contribution in [3.63, 3.8) is 0 Å². The molecule has 86 valence electrons. The minimum atomic E-state index is -0.906. The number of aliphatic carboxylic acids is 1. The SMILES string of the molecule is C[C@H]1OCCC[C@@H]1CC(C=O)CC(=O)O. The first-order chi connectivity index (χ1) is 7.13. The molecule has 1 aliphatic heterocycles. The highest BCUT2D eigenvalue weighted by molar-refractivity contribution is 5.71. The quantitative estimate of drug-likeness (QED) is 0.704. The standard InChI is InChI=1S/C11H18O4/c1-8-10(3-2-4-15-8)5-9(7-12)6-11(13)14/h7-10H,2-6H2,1H3,(H,13,14)/t8-,9?,10-/m1/s1. The van der Waals surface area contributed by atoms with Crippen LogP contribution >= 0.6 is 0 Å². The molecule has 0 spiro atoms. The lowest BCUT2D eigenvalue weighted by molar-refractivity contribution is -0.139. The molecular weight excluding hydrogens is 196 g/mol. The highest BCUT2D eigenvalue weighted by atomic mass is 16.5. The van der Waals surface area contributed by atoms with Crippen molar-refractivity contribution >= 4 is 12.3 Å². The molecule has 1 heterocycles. The summed E-state index contributed by atoms with van der Waals surface area (Å²) in [5, 5.41) is 8.62. The maximum Gasteiger partial charge on any atom is 0.304 e. The zero-order valence-electron chi connectivity index (χ0n) is 9.02. The largest absolute Gasteiger partial charge is 0.481 e. The van der Waals surface area contributed by atoms with Gasteiger partial charge in [-0.3, -0.25) is 4.79 Å². The second-order valence-corrected chi connectivity index (χ2v) is 4.21.